The van der Waals surface area contributed by atoms with Crippen LogP contribution in [-0.4, -0.2) is 6.72 Å². The summed E-state index contributed by atoms with van der Waals surface area (Å²) in [6, 6.07) is 8.15. The van der Waals surface area contributed by atoms with Crippen LogP contribution in [-0.2, 0) is 0 Å². The molecule has 11 heavy (non-hydrogen) atoms. The van der Waals surface area contributed by atoms with E-state index in [1.807, 2.05) is 12.1 Å². The molecule has 0 radical (unpaired) electrons. The minimum absolute atomic E-state index is 0.566. The van der Waals surface area contributed by atoms with E-state index < -0.39 is 0 Å². The lowest BCUT2D eigenvalue weighted by atomic mass is 10.0. The van der Waals surface area contributed by atoms with Gasteiger partial charge < -0.3 is 0 Å². The SMILES string of the molecule is C=Nc1cccc(C(C)C)c1. The molecular formula is C10H13N. The summed E-state index contributed by atoms with van der Waals surface area (Å²) in [7, 11) is 0. The van der Waals surface area contributed by atoms with Crippen LogP contribution in [0.5, 0.6) is 0 Å². The number of aliphatic imine (C=N–C) groups is 1. The smallest absolute Gasteiger partial charge is 0.0625 e. The second-order valence-corrected chi connectivity index (χ2v) is 2.91. The molecule has 1 nitrogen and oxygen atoms in total. The van der Waals surface area contributed by atoms with Gasteiger partial charge in [0.2, 0.25) is 0 Å². The Balaban J connectivity index is 3.00. The van der Waals surface area contributed by atoms with Crippen molar-refractivity contribution in [3.8, 4) is 0 Å². The van der Waals surface area contributed by atoms with E-state index in [0.717, 1.165) is 5.69 Å². The molecule has 0 saturated carbocycles. The molecule has 0 atom stereocenters. The Kier molecular flexibility index (Phi) is 2.42. The van der Waals surface area contributed by atoms with Gasteiger partial charge in [-0.3, -0.25) is 4.99 Å². The molecule has 0 heterocycles. The second-order valence-electron chi connectivity index (χ2n) is 2.91. The minimum Gasteiger partial charge on any atom is -0.265 e. The van der Waals surface area contributed by atoms with E-state index in [2.05, 4.69) is 37.7 Å². The largest absolute Gasteiger partial charge is 0.265 e. The van der Waals surface area contributed by atoms with Gasteiger partial charge in [0.25, 0.3) is 0 Å². The van der Waals surface area contributed by atoms with E-state index in [9.17, 15) is 0 Å². The van der Waals surface area contributed by atoms with Gasteiger partial charge in [-0.05, 0) is 30.3 Å². The van der Waals surface area contributed by atoms with Gasteiger partial charge in [0.1, 0.15) is 0 Å². The summed E-state index contributed by atoms with van der Waals surface area (Å²) in [5.74, 6) is 0.566. The van der Waals surface area contributed by atoms with Crippen molar-refractivity contribution in [2.75, 3.05) is 0 Å². The van der Waals surface area contributed by atoms with Gasteiger partial charge in [0.15, 0.2) is 0 Å². The molecule has 0 aliphatic carbocycles. The summed E-state index contributed by atoms with van der Waals surface area (Å²) in [5, 5.41) is 0. The Morgan fingerprint density at radius 2 is 2.09 bits per heavy atom. The first kappa shape index (κ1) is 7.99. The van der Waals surface area contributed by atoms with Gasteiger partial charge in [-0.25, -0.2) is 0 Å². The highest BCUT2D eigenvalue weighted by Gasteiger charge is 1.97. The van der Waals surface area contributed by atoms with Crippen molar-refractivity contribution in [3.05, 3.63) is 29.8 Å². The predicted molar refractivity (Wildman–Crippen MR) is 49.7 cm³/mol. The van der Waals surface area contributed by atoms with Crippen molar-refractivity contribution < 1.29 is 0 Å². The van der Waals surface area contributed by atoms with Crippen LogP contribution >= 0.6 is 0 Å². The van der Waals surface area contributed by atoms with Gasteiger partial charge in [0.05, 0.1) is 5.69 Å². The zero-order chi connectivity index (χ0) is 8.27. The molecule has 1 aromatic carbocycles. The summed E-state index contributed by atoms with van der Waals surface area (Å²) in [5.41, 5.74) is 2.27. The first-order chi connectivity index (χ1) is 5.24. The van der Waals surface area contributed by atoms with Gasteiger partial charge in [-0.1, -0.05) is 26.0 Å². The van der Waals surface area contributed by atoms with Crippen LogP contribution in [0.2, 0.25) is 0 Å². The lowest BCUT2D eigenvalue weighted by Crippen LogP contribution is -1.84. The molecule has 1 heteroatoms. The molecule has 0 aliphatic rings. The van der Waals surface area contributed by atoms with E-state index in [0.29, 0.717) is 5.92 Å². The number of hydrogen-bond acceptors (Lipinski definition) is 1. The molecule has 0 bridgehead atoms. The maximum Gasteiger partial charge on any atom is 0.0625 e. The minimum atomic E-state index is 0.566. The molecule has 0 fully saturated rings. The zero-order valence-corrected chi connectivity index (χ0v) is 7.04. The lowest BCUT2D eigenvalue weighted by Gasteiger charge is -2.04. The van der Waals surface area contributed by atoms with Crippen molar-refractivity contribution in [1.29, 1.82) is 0 Å². The first-order valence-electron chi connectivity index (χ1n) is 3.80. The number of hydrogen-bond donors (Lipinski definition) is 0. The Hall–Kier alpha value is -1.11. The molecule has 0 unspecified atom stereocenters. The second kappa shape index (κ2) is 3.33. The molecule has 0 amide bonds. The van der Waals surface area contributed by atoms with Crippen molar-refractivity contribution in [2.45, 2.75) is 19.8 Å². The van der Waals surface area contributed by atoms with E-state index in [4.69, 9.17) is 0 Å². The summed E-state index contributed by atoms with van der Waals surface area (Å²) in [4.78, 5) is 3.86. The number of rotatable bonds is 2. The van der Waals surface area contributed by atoms with Crippen molar-refractivity contribution in [1.82, 2.24) is 0 Å². The summed E-state index contributed by atoms with van der Waals surface area (Å²) in [6.45, 7) is 7.82. The third kappa shape index (κ3) is 1.90. The van der Waals surface area contributed by atoms with Crippen LogP contribution in [0.25, 0.3) is 0 Å². The maximum atomic E-state index is 3.86. The molecule has 0 aromatic heterocycles. The summed E-state index contributed by atoms with van der Waals surface area (Å²) in [6.07, 6.45) is 0. The van der Waals surface area contributed by atoms with Crippen LogP contribution in [0.4, 0.5) is 5.69 Å². The van der Waals surface area contributed by atoms with E-state index >= 15 is 0 Å². The highest BCUT2D eigenvalue weighted by atomic mass is 14.7. The topological polar surface area (TPSA) is 12.4 Å². The van der Waals surface area contributed by atoms with E-state index in [1.54, 1.807) is 0 Å². The zero-order valence-electron chi connectivity index (χ0n) is 7.04. The lowest BCUT2D eigenvalue weighted by molar-refractivity contribution is 0.867. The highest BCUT2D eigenvalue weighted by molar-refractivity contribution is 5.47. The third-order valence-corrected chi connectivity index (χ3v) is 1.72. The van der Waals surface area contributed by atoms with Gasteiger partial charge in [-0.2, -0.15) is 0 Å². The van der Waals surface area contributed by atoms with Gasteiger partial charge >= 0.3 is 0 Å². The molecule has 58 valence electrons. The predicted octanol–water partition coefficient (Wildman–Crippen LogP) is 3.14. The average molecular weight is 147 g/mol. The van der Waals surface area contributed by atoms with Crippen LogP contribution < -0.4 is 0 Å². The van der Waals surface area contributed by atoms with Gasteiger partial charge in [0, 0.05) is 0 Å². The van der Waals surface area contributed by atoms with Gasteiger partial charge in [-0.15, -0.1) is 0 Å². The normalized spacial score (nSPS) is 10.1. The van der Waals surface area contributed by atoms with E-state index in [1.165, 1.54) is 5.56 Å². The van der Waals surface area contributed by atoms with E-state index in [-0.39, 0.29) is 0 Å². The number of nitrogens with zero attached hydrogens (tertiary/aromatic N) is 1. The van der Waals surface area contributed by atoms with Crippen LogP contribution in [0, 0.1) is 0 Å². The highest BCUT2D eigenvalue weighted by Crippen LogP contribution is 2.19. The fraction of sp³-hybridized carbons (Fsp3) is 0.300. The Bertz CT molecular complexity index is 251. The molecule has 0 saturated heterocycles. The van der Waals surface area contributed by atoms with Crippen molar-refractivity contribution in [2.24, 2.45) is 4.99 Å². The number of benzene rings is 1. The monoisotopic (exact) mass is 147 g/mol. The standard InChI is InChI=1S/C10H13N/c1-8(2)9-5-4-6-10(7-9)11-3/h4-8H,3H2,1-2H3. The fourth-order valence-electron chi connectivity index (χ4n) is 0.982. The maximum absolute atomic E-state index is 3.86. The fourth-order valence-corrected chi connectivity index (χ4v) is 0.982. The van der Waals surface area contributed by atoms with Crippen LogP contribution in [0.3, 0.4) is 0 Å². The quantitative estimate of drug-likeness (QED) is 0.570. The molecular weight excluding hydrogens is 134 g/mol. The first-order valence-corrected chi connectivity index (χ1v) is 3.80. The Morgan fingerprint density at radius 1 is 1.36 bits per heavy atom. The molecule has 1 aromatic rings. The summed E-state index contributed by atoms with van der Waals surface area (Å²) >= 11 is 0. The summed E-state index contributed by atoms with van der Waals surface area (Å²) < 4.78 is 0. The molecule has 0 spiro atoms. The Morgan fingerprint density at radius 3 is 2.64 bits per heavy atom. The average Bonchev–Trinajstić information content (AvgIpc) is 2.05. The van der Waals surface area contributed by atoms with Crippen molar-refractivity contribution in [3.63, 3.8) is 0 Å². The molecule has 0 N–H and O–H groups in total. The third-order valence-electron chi connectivity index (χ3n) is 1.72. The Labute approximate surface area is 67.8 Å². The molecule has 0 aliphatic heterocycles. The van der Waals surface area contributed by atoms with Crippen LogP contribution in [0.15, 0.2) is 29.3 Å². The molecule has 1 rings (SSSR count). The van der Waals surface area contributed by atoms with Crippen molar-refractivity contribution >= 4 is 12.4 Å². The van der Waals surface area contributed by atoms with Crippen LogP contribution in [0.1, 0.15) is 25.3 Å².